The zero-order chi connectivity index (χ0) is 27.5. The Morgan fingerprint density at radius 1 is 1.18 bits per heavy atom. The fourth-order valence-corrected chi connectivity index (χ4v) is 5.99. The lowest BCUT2D eigenvalue weighted by Crippen LogP contribution is -2.44. The molecule has 0 aliphatic carbocycles. The lowest BCUT2D eigenvalue weighted by molar-refractivity contribution is -0.139. The molecule has 0 amide bonds. The summed E-state index contributed by atoms with van der Waals surface area (Å²) in [5, 5.41) is 0. The fourth-order valence-electron chi connectivity index (χ4n) is 4.99. The smallest absolute Gasteiger partial charge is 0.338 e. The van der Waals surface area contributed by atoms with Crippen molar-refractivity contribution in [1.29, 1.82) is 0 Å². The van der Waals surface area contributed by atoms with Gasteiger partial charge < -0.3 is 23.7 Å². The summed E-state index contributed by atoms with van der Waals surface area (Å²) in [6.07, 6.45) is 3.15. The first-order chi connectivity index (χ1) is 18.9. The highest BCUT2D eigenvalue weighted by Crippen LogP contribution is 2.34. The van der Waals surface area contributed by atoms with Gasteiger partial charge in [0.05, 0.1) is 35.6 Å². The number of hydrogen-bond donors (Lipinski definition) is 0. The van der Waals surface area contributed by atoms with Crippen molar-refractivity contribution < 1.29 is 18.7 Å². The largest absolute Gasteiger partial charge is 0.497 e. The molecule has 0 N–H and O–H groups in total. The topological polar surface area (TPSA) is 89.5 Å². The van der Waals surface area contributed by atoms with Gasteiger partial charge in [0.25, 0.3) is 5.56 Å². The highest BCUT2D eigenvalue weighted by Gasteiger charge is 2.34. The molecule has 1 unspecified atom stereocenters. The van der Waals surface area contributed by atoms with Crippen LogP contribution in [0.5, 0.6) is 5.75 Å². The fraction of sp³-hybridized carbons (Fsp3) is 0.414. The van der Waals surface area contributed by atoms with Crippen LogP contribution < -0.4 is 24.5 Å². The second-order valence-electron chi connectivity index (χ2n) is 9.66. The van der Waals surface area contributed by atoms with Crippen LogP contribution in [0.3, 0.4) is 0 Å². The number of nitrogens with zero attached hydrogens (tertiary/aromatic N) is 4. The highest BCUT2D eigenvalue weighted by molar-refractivity contribution is 7.07. The summed E-state index contributed by atoms with van der Waals surface area (Å²) in [7, 11) is 3.71. The Balaban J connectivity index is 1.63. The van der Waals surface area contributed by atoms with Gasteiger partial charge in [0.2, 0.25) is 0 Å². The maximum atomic E-state index is 13.9. The van der Waals surface area contributed by atoms with Crippen LogP contribution in [0.2, 0.25) is 0 Å². The van der Waals surface area contributed by atoms with Crippen LogP contribution in [0.1, 0.15) is 44.1 Å². The van der Waals surface area contributed by atoms with E-state index in [1.807, 2.05) is 43.3 Å². The first-order valence-corrected chi connectivity index (χ1v) is 14.1. The molecule has 39 heavy (non-hydrogen) atoms. The van der Waals surface area contributed by atoms with Gasteiger partial charge in [0, 0.05) is 38.3 Å². The summed E-state index contributed by atoms with van der Waals surface area (Å²) in [6.45, 7) is 7.77. The van der Waals surface area contributed by atoms with E-state index in [9.17, 15) is 9.59 Å². The molecule has 0 spiro atoms. The third kappa shape index (κ3) is 5.44. The Labute approximate surface area is 231 Å². The number of ether oxygens (including phenoxy) is 2. The molecule has 2 aliphatic heterocycles. The van der Waals surface area contributed by atoms with Gasteiger partial charge in [-0.25, -0.2) is 9.79 Å². The molecule has 0 saturated carbocycles. The number of aromatic nitrogens is 1. The Kier molecular flexibility index (Phi) is 8.04. The van der Waals surface area contributed by atoms with Crippen molar-refractivity contribution in [2.45, 2.75) is 32.7 Å². The van der Waals surface area contributed by atoms with Crippen LogP contribution in [0.15, 0.2) is 61.9 Å². The van der Waals surface area contributed by atoms with E-state index >= 15 is 0 Å². The van der Waals surface area contributed by atoms with Gasteiger partial charge in [-0.2, -0.15) is 0 Å². The van der Waals surface area contributed by atoms with Crippen LogP contribution in [0.4, 0.5) is 5.88 Å². The number of carbonyl (C=O) groups excluding carboxylic acids is 1. The lowest BCUT2D eigenvalue weighted by Gasteiger charge is -2.32. The molecule has 3 aromatic rings. The minimum atomic E-state index is -0.684. The molecule has 10 heteroatoms. The van der Waals surface area contributed by atoms with Crippen molar-refractivity contribution in [3.63, 3.8) is 0 Å². The van der Waals surface area contributed by atoms with Crippen LogP contribution >= 0.6 is 11.3 Å². The first-order valence-electron chi connectivity index (χ1n) is 13.3. The summed E-state index contributed by atoms with van der Waals surface area (Å²) in [6, 6.07) is 10.6. The number of rotatable bonds is 8. The molecule has 1 saturated heterocycles. The molecular formula is C29H34N4O5S. The van der Waals surface area contributed by atoms with Crippen LogP contribution in [0.25, 0.3) is 6.08 Å². The number of benzene rings is 1. The van der Waals surface area contributed by atoms with Crippen LogP contribution in [-0.2, 0) is 9.53 Å². The Hall–Kier alpha value is -3.63. The van der Waals surface area contributed by atoms with Crippen molar-refractivity contribution >= 4 is 29.3 Å². The van der Waals surface area contributed by atoms with Gasteiger partial charge in [0.1, 0.15) is 11.5 Å². The summed E-state index contributed by atoms with van der Waals surface area (Å²) in [5.74, 6) is 1.57. The van der Waals surface area contributed by atoms with Crippen molar-refractivity contribution in [3.05, 3.63) is 78.7 Å². The predicted molar refractivity (Wildman–Crippen MR) is 151 cm³/mol. The number of allylic oxidation sites excluding steroid dienone is 1. The number of esters is 1. The number of furan rings is 1. The molecule has 9 nitrogen and oxygen atoms in total. The summed E-state index contributed by atoms with van der Waals surface area (Å²) in [5.41, 5.74) is 1.55. The van der Waals surface area contributed by atoms with E-state index in [1.165, 1.54) is 11.3 Å². The van der Waals surface area contributed by atoms with Crippen molar-refractivity contribution in [3.8, 4) is 5.75 Å². The van der Waals surface area contributed by atoms with Crippen molar-refractivity contribution in [1.82, 2.24) is 9.47 Å². The lowest BCUT2D eigenvalue weighted by atomic mass is 9.94. The SMILES string of the molecule is CCCC1=C(C(=O)OCC)C(c2cccc(OC)c2)n2c(sc(=Cc3ccc(N4CCN(C)CC4)o3)c2=O)=N1. The minimum absolute atomic E-state index is 0.227. The van der Waals surface area contributed by atoms with Gasteiger partial charge in [-0.15, -0.1) is 0 Å². The van der Waals surface area contributed by atoms with Crippen molar-refractivity contribution in [2.24, 2.45) is 4.99 Å². The molecule has 1 atom stereocenters. The Morgan fingerprint density at radius 3 is 2.69 bits per heavy atom. The number of likely N-dealkylation sites (N-methyl/N-ethyl adjacent to an activating group) is 1. The Bertz CT molecular complexity index is 1560. The molecule has 1 fully saturated rings. The van der Waals surface area contributed by atoms with E-state index in [1.54, 1.807) is 24.7 Å². The first kappa shape index (κ1) is 27.0. The number of thiazole rings is 1. The minimum Gasteiger partial charge on any atom is -0.497 e. The number of anilines is 1. The maximum Gasteiger partial charge on any atom is 0.338 e. The highest BCUT2D eigenvalue weighted by atomic mass is 32.1. The third-order valence-corrected chi connectivity index (χ3v) is 7.99. The van der Waals surface area contributed by atoms with Gasteiger partial charge in [-0.3, -0.25) is 9.36 Å². The van der Waals surface area contributed by atoms with Gasteiger partial charge >= 0.3 is 5.97 Å². The van der Waals surface area contributed by atoms with Crippen LogP contribution in [0, 0.1) is 0 Å². The van der Waals surface area contributed by atoms with Gasteiger partial charge in [0.15, 0.2) is 10.7 Å². The number of fused-ring (bicyclic) bond motifs is 1. The number of methoxy groups -OCH3 is 1. The van der Waals surface area contributed by atoms with E-state index in [4.69, 9.17) is 18.9 Å². The molecule has 2 aliphatic rings. The molecule has 4 heterocycles. The second-order valence-corrected chi connectivity index (χ2v) is 10.7. The Morgan fingerprint density at radius 2 is 1.97 bits per heavy atom. The van der Waals surface area contributed by atoms with E-state index < -0.39 is 12.0 Å². The van der Waals surface area contributed by atoms with Gasteiger partial charge in [-0.05, 0) is 44.2 Å². The predicted octanol–water partition coefficient (Wildman–Crippen LogP) is 2.93. The van der Waals surface area contributed by atoms with E-state index in [0.717, 1.165) is 44.0 Å². The second kappa shape index (κ2) is 11.6. The molecule has 206 valence electrons. The average molecular weight is 551 g/mol. The van der Waals surface area contributed by atoms with Gasteiger partial charge in [-0.1, -0.05) is 36.8 Å². The molecular weight excluding hydrogens is 516 g/mol. The molecule has 1 aromatic carbocycles. The van der Waals surface area contributed by atoms with E-state index in [-0.39, 0.29) is 12.2 Å². The maximum absolute atomic E-state index is 13.9. The third-order valence-electron chi connectivity index (χ3n) is 7.00. The summed E-state index contributed by atoms with van der Waals surface area (Å²) in [4.78, 5) is 37.1. The van der Waals surface area contributed by atoms with Crippen molar-refractivity contribution in [2.75, 3.05) is 51.8 Å². The standard InChI is InChI=1S/C29H34N4O5S/c1-5-8-22-25(28(35)37-6-2)26(19-9-7-10-20(17-19)36-4)33-27(34)23(39-29(33)30-22)18-21-11-12-24(38-21)32-15-13-31(3)14-16-32/h7,9-12,17-18,26H,5-6,8,13-16H2,1-4H3. The zero-order valence-electron chi connectivity index (χ0n) is 22.8. The quantitative estimate of drug-likeness (QED) is 0.399. The molecule has 2 aromatic heterocycles. The van der Waals surface area contributed by atoms with Crippen LogP contribution in [-0.4, -0.2) is 62.4 Å². The average Bonchev–Trinajstić information content (AvgIpc) is 3.53. The number of piperazine rings is 1. The molecule has 5 rings (SSSR count). The molecule has 0 bridgehead atoms. The summed E-state index contributed by atoms with van der Waals surface area (Å²) < 4.78 is 19.1. The van der Waals surface area contributed by atoms with E-state index in [0.29, 0.717) is 38.5 Å². The number of hydrogen-bond acceptors (Lipinski definition) is 9. The van der Waals surface area contributed by atoms with E-state index in [2.05, 4.69) is 16.8 Å². The number of carbonyl (C=O) groups is 1. The molecule has 0 radical (unpaired) electrons. The normalized spacial score (nSPS) is 18.2. The monoisotopic (exact) mass is 550 g/mol. The summed E-state index contributed by atoms with van der Waals surface area (Å²) >= 11 is 1.30. The zero-order valence-corrected chi connectivity index (χ0v) is 23.6.